The molecule has 2 amide bonds. The summed E-state index contributed by atoms with van der Waals surface area (Å²) < 4.78 is 4.86. The van der Waals surface area contributed by atoms with Crippen molar-refractivity contribution >= 4 is 12.0 Å². The van der Waals surface area contributed by atoms with Crippen LogP contribution in [0.5, 0.6) is 0 Å². The third-order valence-corrected chi connectivity index (χ3v) is 2.76. The Balaban J connectivity index is 2.41. The number of amides is 2. The lowest BCUT2D eigenvalue weighted by molar-refractivity contribution is -0.148. The molecule has 0 spiro atoms. The van der Waals surface area contributed by atoms with E-state index >= 15 is 0 Å². The zero-order valence-electron chi connectivity index (χ0n) is 9.58. The fraction of sp³-hybridized carbons (Fsp3) is 0.800. The number of carbonyl (C=O) groups excluding carboxylic acids is 1. The summed E-state index contributed by atoms with van der Waals surface area (Å²) in [5.41, 5.74) is -1.06. The summed E-state index contributed by atoms with van der Waals surface area (Å²) in [4.78, 5) is 22.5. The molecule has 6 heteroatoms. The lowest BCUT2D eigenvalue weighted by atomic mass is 9.77. The molecule has 1 atom stereocenters. The molecule has 16 heavy (non-hydrogen) atoms. The number of ether oxygens (including phenoxy) is 1. The van der Waals surface area contributed by atoms with Gasteiger partial charge in [-0.3, -0.25) is 0 Å². The Kier molecular flexibility index (Phi) is 4.12. The zero-order chi connectivity index (χ0) is 12.2. The fourth-order valence-electron chi connectivity index (χ4n) is 1.69. The topological polar surface area (TPSA) is 87.7 Å². The van der Waals surface area contributed by atoms with E-state index < -0.39 is 17.5 Å². The molecule has 0 aromatic heterocycles. The minimum Gasteiger partial charge on any atom is -0.480 e. The normalized spacial score (nSPS) is 19.4. The second kappa shape index (κ2) is 5.16. The first-order valence-corrected chi connectivity index (χ1v) is 5.31. The Labute approximate surface area is 94.3 Å². The fourth-order valence-corrected chi connectivity index (χ4v) is 1.69. The molecule has 0 heterocycles. The predicted octanol–water partition coefficient (Wildman–Crippen LogP) is 0.328. The highest BCUT2D eigenvalue weighted by Gasteiger charge is 2.45. The highest BCUT2D eigenvalue weighted by molar-refractivity contribution is 5.87. The summed E-state index contributed by atoms with van der Waals surface area (Å²) in [6.07, 6.45) is 1.82. The van der Waals surface area contributed by atoms with Crippen molar-refractivity contribution in [2.45, 2.75) is 37.8 Å². The van der Waals surface area contributed by atoms with E-state index in [0.29, 0.717) is 19.4 Å². The van der Waals surface area contributed by atoms with Crippen LogP contribution in [0.3, 0.4) is 0 Å². The van der Waals surface area contributed by atoms with Crippen LogP contribution >= 0.6 is 0 Å². The van der Waals surface area contributed by atoms with Gasteiger partial charge in [0.1, 0.15) is 5.54 Å². The number of methoxy groups -OCH3 is 1. The lowest BCUT2D eigenvalue weighted by Gasteiger charge is -2.38. The number of hydrogen-bond donors (Lipinski definition) is 3. The van der Waals surface area contributed by atoms with Gasteiger partial charge in [0.15, 0.2) is 0 Å². The highest BCUT2D eigenvalue weighted by Crippen LogP contribution is 2.31. The number of nitrogens with one attached hydrogen (secondary N) is 2. The van der Waals surface area contributed by atoms with Crippen LogP contribution in [0, 0.1) is 0 Å². The lowest BCUT2D eigenvalue weighted by Crippen LogP contribution is -2.62. The van der Waals surface area contributed by atoms with Gasteiger partial charge in [0.2, 0.25) is 0 Å². The van der Waals surface area contributed by atoms with Gasteiger partial charge in [0.05, 0.1) is 12.6 Å². The number of aliphatic carboxylic acids is 1. The smallest absolute Gasteiger partial charge is 0.329 e. The summed E-state index contributed by atoms with van der Waals surface area (Å²) in [5, 5.41) is 14.1. The Bertz CT molecular complexity index is 276. The first-order valence-electron chi connectivity index (χ1n) is 5.31. The van der Waals surface area contributed by atoms with Crippen molar-refractivity contribution in [1.82, 2.24) is 10.6 Å². The SMILES string of the molecule is COCC(C)NC(=O)NC1(C(=O)O)CCC1. The van der Waals surface area contributed by atoms with Crippen molar-refractivity contribution in [1.29, 1.82) is 0 Å². The first kappa shape index (κ1) is 12.8. The molecule has 0 aromatic rings. The third-order valence-electron chi connectivity index (χ3n) is 2.76. The Morgan fingerprint density at radius 3 is 2.50 bits per heavy atom. The Hall–Kier alpha value is -1.30. The van der Waals surface area contributed by atoms with Gasteiger partial charge in [-0.1, -0.05) is 0 Å². The summed E-state index contributed by atoms with van der Waals surface area (Å²) in [6.45, 7) is 2.19. The summed E-state index contributed by atoms with van der Waals surface area (Å²) in [5.74, 6) is -0.965. The number of hydrogen-bond acceptors (Lipinski definition) is 3. The van der Waals surface area contributed by atoms with Crippen LogP contribution in [0.4, 0.5) is 4.79 Å². The van der Waals surface area contributed by atoms with Gasteiger partial charge < -0.3 is 20.5 Å². The van der Waals surface area contributed by atoms with Crippen molar-refractivity contribution in [2.75, 3.05) is 13.7 Å². The van der Waals surface area contributed by atoms with E-state index in [9.17, 15) is 9.59 Å². The minimum absolute atomic E-state index is 0.143. The number of carboxylic acids is 1. The first-order chi connectivity index (χ1) is 7.50. The third kappa shape index (κ3) is 2.85. The molecule has 0 radical (unpaired) electrons. The number of rotatable bonds is 5. The van der Waals surface area contributed by atoms with Gasteiger partial charge in [-0.05, 0) is 26.2 Å². The molecule has 1 saturated carbocycles. The molecule has 0 aromatic carbocycles. The van der Waals surface area contributed by atoms with E-state index in [-0.39, 0.29) is 6.04 Å². The van der Waals surface area contributed by atoms with E-state index in [2.05, 4.69) is 10.6 Å². The summed E-state index contributed by atoms with van der Waals surface area (Å²) in [6, 6.07) is -0.595. The molecule has 1 aliphatic carbocycles. The molecular formula is C10H18N2O4. The molecule has 1 rings (SSSR count). The van der Waals surface area contributed by atoms with E-state index in [0.717, 1.165) is 6.42 Å². The molecule has 0 saturated heterocycles. The number of carboxylic acid groups (broad SMARTS) is 1. The van der Waals surface area contributed by atoms with Gasteiger partial charge in [-0.25, -0.2) is 9.59 Å². The van der Waals surface area contributed by atoms with Gasteiger partial charge in [-0.2, -0.15) is 0 Å². The standard InChI is InChI=1S/C10H18N2O4/c1-7(6-16-2)11-9(15)12-10(8(13)14)4-3-5-10/h7H,3-6H2,1-2H3,(H,13,14)(H2,11,12,15). The van der Waals surface area contributed by atoms with Gasteiger partial charge >= 0.3 is 12.0 Å². The predicted molar refractivity (Wildman–Crippen MR) is 57.2 cm³/mol. The molecule has 3 N–H and O–H groups in total. The Morgan fingerprint density at radius 1 is 1.50 bits per heavy atom. The highest BCUT2D eigenvalue weighted by atomic mass is 16.5. The van der Waals surface area contributed by atoms with E-state index in [1.165, 1.54) is 0 Å². The van der Waals surface area contributed by atoms with E-state index in [1.807, 2.05) is 0 Å². The van der Waals surface area contributed by atoms with Gasteiger partial charge in [0, 0.05) is 7.11 Å². The number of carbonyl (C=O) groups is 2. The largest absolute Gasteiger partial charge is 0.480 e. The van der Waals surface area contributed by atoms with Gasteiger partial charge in [0.25, 0.3) is 0 Å². The van der Waals surface area contributed by atoms with Crippen LogP contribution in [-0.4, -0.2) is 42.4 Å². The van der Waals surface area contributed by atoms with Crippen LogP contribution in [0.2, 0.25) is 0 Å². The molecular weight excluding hydrogens is 212 g/mol. The molecule has 6 nitrogen and oxygen atoms in total. The van der Waals surface area contributed by atoms with Crippen LogP contribution in [0.15, 0.2) is 0 Å². The maximum Gasteiger partial charge on any atom is 0.329 e. The van der Waals surface area contributed by atoms with Crippen LogP contribution in [0.1, 0.15) is 26.2 Å². The van der Waals surface area contributed by atoms with E-state index in [4.69, 9.17) is 9.84 Å². The second-order valence-corrected chi connectivity index (χ2v) is 4.20. The van der Waals surface area contributed by atoms with Crippen LogP contribution < -0.4 is 10.6 Å². The summed E-state index contributed by atoms with van der Waals surface area (Å²) >= 11 is 0. The van der Waals surface area contributed by atoms with Crippen molar-refractivity contribution in [3.8, 4) is 0 Å². The zero-order valence-corrected chi connectivity index (χ0v) is 9.58. The average Bonchev–Trinajstić information content (AvgIpc) is 2.10. The van der Waals surface area contributed by atoms with E-state index in [1.54, 1.807) is 14.0 Å². The summed E-state index contributed by atoms with van der Waals surface area (Å²) in [7, 11) is 1.54. The van der Waals surface area contributed by atoms with Crippen LogP contribution in [0.25, 0.3) is 0 Å². The van der Waals surface area contributed by atoms with Crippen molar-refractivity contribution in [2.24, 2.45) is 0 Å². The Morgan fingerprint density at radius 2 is 2.12 bits per heavy atom. The average molecular weight is 230 g/mol. The molecule has 1 aliphatic rings. The van der Waals surface area contributed by atoms with Crippen LogP contribution in [-0.2, 0) is 9.53 Å². The van der Waals surface area contributed by atoms with Crippen molar-refractivity contribution in [3.63, 3.8) is 0 Å². The van der Waals surface area contributed by atoms with Crippen molar-refractivity contribution < 1.29 is 19.4 Å². The molecule has 1 fully saturated rings. The van der Waals surface area contributed by atoms with Crippen molar-refractivity contribution in [3.05, 3.63) is 0 Å². The monoisotopic (exact) mass is 230 g/mol. The molecule has 92 valence electrons. The molecule has 0 aliphatic heterocycles. The number of urea groups is 1. The molecule has 0 bridgehead atoms. The quantitative estimate of drug-likeness (QED) is 0.635. The molecule has 1 unspecified atom stereocenters. The minimum atomic E-state index is -1.06. The second-order valence-electron chi connectivity index (χ2n) is 4.20. The van der Waals surface area contributed by atoms with Gasteiger partial charge in [-0.15, -0.1) is 0 Å². The maximum absolute atomic E-state index is 11.5. The maximum atomic E-state index is 11.5.